The number of carbonyl (C=O) groups is 1. The molecule has 5 heteroatoms. The minimum Gasteiger partial charge on any atom is -0.506 e. The van der Waals surface area contributed by atoms with E-state index in [0.29, 0.717) is 9.95 Å². The molecule has 4 nitrogen and oxygen atoms in total. The summed E-state index contributed by atoms with van der Waals surface area (Å²) >= 11 is 1.26. The molecule has 26 heavy (non-hydrogen) atoms. The van der Waals surface area contributed by atoms with E-state index in [-0.39, 0.29) is 17.9 Å². The molecule has 1 N–H and O–H groups in total. The van der Waals surface area contributed by atoms with Crippen LogP contribution in [0.1, 0.15) is 18.1 Å². The molecule has 0 atom stereocenters. The predicted octanol–water partition coefficient (Wildman–Crippen LogP) is 5.19. The molecule has 0 aromatic heterocycles. The molecule has 0 aliphatic carbocycles. The largest absolute Gasteiger partial charge is 0.506 e. The number of nitrogens with zero attached hydrogens (tertiary/aromatic N) is 1. The van der Waals surface area contributed by atoms with E-state index in [0.717, 1.165) is 16.8 Å². The minimum atomic E-state index is -0.569. The molecule has 0 unspecified atom stereocenters. The second-order valence-electron chi connectivity index (χ2n) is 5.72. The molecule has 1 aliphatic heterocycles. The summed E-state index contributed by atoms with van der Waals surface area (Å²) in [7, 11) is 0. The van der Waals surface area contributed by atoms with E-state index in [1.165, 1.54) is 11.8 Å². The first-order valence-electron chi connectivity index (χ1n) is 8.29. The van der Waals surface area contributed by atoms with Crippen molar-refractivity contribution < 1.29 is 14.6 Å². The van der Waals surface area contributed by atoms with Gasteiger partial charge < -0.3 is 9.84 Å². The molecule has 1 aliphatic rings. The third-order valence-electron chi connectivity index (χ3n) is 3.70. The lowest BCUT2D eigenvalue weighted by Crippen LogP contribution is -2.12. The van der Waals surface area contributed by atoms with Crippen LogP contribution in [0.25, 0.3) is 6.08 Å². The van der Waals surface area contributed by atoms with Crippen molar-refractivity contribution in [3.8, 4) is 0 Å². The van der Waals surface area contributed by atoms with Gasteiger partial charge in [0, 0.05) is 0 Å². The summed E-state index contributed by atoms with van der Waals surface area (Å²) in [5.74, 6) is -0.663. The van der Waals surface area contributed by atoms with Crippen LogP contribution in [-0.4, -0.2) is 22.7 Å². The van der Waals surface area contributed by atoms with E-state index in [2.05, 4.69) is 4.99 Å². The van der Waals surface area contributed by atoms with Gasteiger partial charge in [0.1, 0.15) is 16.4 Å². The molecular weight excluding hydrogens is 346 g/mol. The zero-order chi connectivity index (χ0) is 18.5. The molecule has 2 aromatic carbocycles. The fraction of sp³-hybridized carbons (Fsp3) is 0.143. The number of ether oxygens (including phenoxy) is 1. The smallest absolute Gasteiger partial charge is 0.344 e. The Labute approximate surface area is 156 Å². The van der Waals surface area contributed by atoms with Gasteiger partial charge in [0.25, 0.3) is 0 Å². The molecule has 0 saturated heterocycles. The van der Waals surface area contributed by atoms with Crippen LogP contribution >= 0.6 is 11.8 Å². The van der Waals surface area contributed by atoms with Crippen molar-refractivity contribution in [1.29, 1.82) is 0 Å². The van der Waals surface area contributed by atoms with Gasteiger partial charge in [-0.2, -0.15) is 0 Å². The van der Waals surface area contributed by atoms with Crippen molar-refractivity contribution in [3.63, 3.8) is 0 Å². The van der Waals surface area contributed by atoms with Gasteiger partial charge in [-0.25, -0.2) is 9.79 Å². The van der Waals surface area contributed by atoms with Crippen LogP contribution in [0.2, 0.25) is 0 Å². The number of aryl methyl sites for hydroxylation is 1. The Kier molecular flexibility index (Phi) is 5.58. The molecule has 0 spiro atoms. The average molecular weight is 365 g/mol. The Morgan fingerprint density at radius 1 is 1.19 bits per heavy atom. The van der Waals surface area contributed by atoms with Crippen LogP contribution in [0.4, 0.5) is 5.69 Å². The van der Waals surface area contributed by atoms with Crippen molar-refractivity contribution in [2.24, 2.45) is 4.99 Å². The first-order chi connectivity index (χ1) is 12.6. The monoisotopic (exact) mass is 365 g/mol. The van der Waals surface area contributed by atoms with Crippen molar-refractivity contribution >= 4 is 34.5 Å². The van der Waals surface area contributed by atoms with E-state index < -0.39 is 5.97 Å². The number of aliphatic hydroxyl groups is 1. The Morgan fingerprint density at radius 3 is 2.65 bits per heavy atom. The van der Waals surface area contributed by atoms with Crippen LogP contribution in [0.15, 0.2) is 75.8 Å². The Bertz CT molecular complexity index is 914. The summed E-state index contributed by atoms with van der Waals surface area (Å²) in [6.07, 6.45) is 1.83. The number of aliphatic imine (C=N–C) groups is 1. The van der Waals surface area contributed by atoms with Crippen LogP contribution in [0, 0.1) is 6.92 Å². The SMILES string of the molecule is CCOC(=O)C1=C(O)/C(=C\c2ccccc2)SC1=Nc1cccc(C)c1. The second kappa shape index (κ2) is 8.06. The fourth-order valence-corrected chi connectivity index (χ4v) is 3.54. The van der Waals surface area contributed by atoms with E-state index in [4.69, 9.17) is 4.74 Å². The summed E-state index contributed by atoms with van der Waals surface area (Å²) < 4.78 is 5.11. The lowest BCUT2D eigenvalue weighted by Gasteiger charge is -2.04. The minimum absolute atomic E-state index is 0.0938. The van der Waals surface area contributed by atoms with Gasteiger partial charge in [-0.05, 0) is 43.2 Å². The molecular formula is C21H19NO3S. The maximum Gasteiger partial charge on any atom is 0.344 e. The number of esters is 1. The number of thioether (sulfide) groups is 1. The molecule has 0 radical (unpaired) electrons. The molecule has 2 aromatic rings. The predicted molar refractivity (Wildman–Crippen MR) is 107 cm³/mol. The summed E-state index contributed by atoms with van der Waals surface area (Å²) in [6, 6.07) is 17.3. The summed E-state index contributed by atoms with van der Waals surface area (Å²) in [6.45, 7) is 3.94. The topological polar surface area (TPSA) is 58.9 Å². The molecule has 0 amide bonds. The molecule has 3 rings (SSSR count). The van der Waals surface area contributed by atoms with Gasteiger partial charge in [0.15, 0.2) is 0 Å². The van der Waals surface area contributed by atoms with E-state index in [1.54, 1.807) is 6.92 Å². The van der Waals surface area contributed by atoms with Crippen LogP contribution in [0.5, 0.6) is 0 Å². The van der Waals surface area contributed by atoms with E-state index in [1.807, 2.05) is 67.6 Å². The number of hydrogen-bond acceptors (Lipinski definition) is 5. The fourth-order valence-electron chi connectivity index (χ4n) is 2.51. The average Bonchev–Trinajstić information content (AvgIpc) is 2.91. The Balaban J connectivity index is 2.04. The number of hydrogen-bond donors (Lipinski definition) is 1. The van der Waals surface area contributed by atoms with Gasteiger partial charge in [-0.15, -0.1) is 0 Å². The van der Waals surface area contributed by atoms with Crippen molar-refractivity contribution in [3.05, 3.63) is 82.0 Å². The highest BCUT2D eigenvalue weighted by Gasteiger charge is 2.33. The highest BCUT2D eigenvalue weighted by molar-refractivity contribution is 8.18. The third-order valence-corrected chi connectivity index (χ3v) is 4.72. The van der Waals surface area contributed by atoms with Gasteiger partial charge in [-0.1, -0.05) is 54.2 Å². The zero-order valence-electron chi connectivity index (χ0n) is 14.6. The zero-order valence-corrected chi connectivity index (χ0v) is 15.4. The van der Waals surface area contributed by atoms with Crippen molar-refractivity contribution in [2.45, 2.75) is 13.8 Å². The summed E-state index contributed by atoms with van der Waals surface area (Å²) in [5, 5.41) is 11.1. The molecule has 1 heterocycles. The number of carbonyl (C=O) groups excluding carboxylic acids is 1. The first kappa shape index (κ1) is 18.0. The molecule has 0 fully saturated rings. The van der Waals surface area contributed by atoms with Crippen molar-refractivity contribution in [2.75, 3.05) is 6.61 Å². The highest BCUT2D eigenvalue weighted by Crippen LogP contribution is 2.40. The lowest BCUT2D eigenvalue weighted by molar-refractivity contribution is -0.138. The standard InChI is InChI=1S/C21H19NO3S/c1-3-25-21(24)18-19(23)17(13-15-9-5-4-6-10-15)26-20(18)22-16-11-7-8-14(2)12-16/h4-13,23H,3H2,1-2H3/b17-13+,22-20?. The normalized spacial score (nSPS) is 17.2. The van der Waals surface area contributed by atoms with Gasteiger partial charge in [0.05, 0.1) is 17.2 Å². The maximum atomic E-state index is 12.4. The van der Waals surface area contributed by atoms with Crippen molar-refractivity contribution in [1.82, 2.24) is 0 Å². The van der Waals surface area contributed by atoms with Gasteiger partial charge in [0.2, 0.25) is 0 Å². The van der Waals surface area contributed by atoms with Crippen LogP contribution in [0.3, 0.4) is 0 Å². The van der Waals surface area contributed by atoms with Crippen LogP contribution in [-0.2, 0) is 9.53 Å². The summed E-state index contributed by atoms with van der Waals surface area (Å²) in [5.41, 5.74) is 2.84. The summed E-state index contributed by atoms with van der Waals surface area (Å²) in [4.78, 5) is 17.5. The van der Waals surface area contributed by atoms with E-state index in [9.17, 15) is 9.90 Å². The number of benzene rings is 2. The quantitative estimate of drug-likeness (QED) is 0.758. The molecule has 132 valence electrons. The maximum absolute atomic E-state index is 12.4. The first-order valence-corrected chi connectivity index (χ1v) is 9.11. The third kappa shape index (κ3) is 4.06. The molecule has 0 bridgehead atoms. The highest BCUT2D eigenvalue weighted by atomic mass is 32.2. The number of rotatable bonds is 4. The van der Waals surface area contributed by atoms with Gasteiger partial charge >= 0.3 is 5.97 Å². The molecule has 0 saturated carbocycles. The van der Waals surface area contributed by atoms with Crippen LogP contribution < -0.4 is 0 Å². The Hall–Kier alpha value is -2.79. The number of aliphatic hydroxyl groups excluding tert-OH is 1. The van der Waals surface area contributed by atoms with Gasteiger partial charge in [-0.3, -0.25) is 0 Å². The van der Waals surface area contributed by atoms with E-state index >= 15 is 0 Å². The Morgan fingerprint density at radius 2 is 1.96 bits per heavy atom. The second-order valence-corrected chi connectivity index (χ2v) is 6.75. The lowest BCUT2D eigenvalue weighted by atomic mass is 10.1.